The van der Waals surface area contributed by atoms with Gasteiger partial charge >= 0.3 is 0 Å². The molecule has 2 aromatic carbocycles. The Morgan fingerprint density at radius 1 is 1.05 bits per heavy atom. The van der Waals surface area contributed by atoms with Crippen molar-refractivity contribution in [1.82, 2.24) is 20.4 Å². The molecule has 2 N–H and O–H groups in total. The van der Waals surface area contributed by atoms with E-state index in [4.69, 9.17) is 0 Å². The van der Waals surface area contributed by atoms with Gasteiger partial charge < -0.3 is 15.5 Å². The summed E-state index contributed by atoms with van der Waals surface area (Å²) >= 11 is 0. The van der Waals surface area contributed by atoms with Gasteiger partial charge in [-0.25, -0.2) is 8.78 Å². The van der Waals surface area contributed by atoms with Crippen LogP contribution in [0.3, 0.4) is 0 Å². The van der Waals surface area contributed by atoms with E-state index < -0.39 is 11.6 Å². The summed E-state index contributed by atoms with van der Waals surface area (Å²) in [5.74, 6) is -1.40. The van der Waals surface area contributed by atoms with E-state index in [-0.39, 0.29) is 30.4 Å². The molecule has 8 heteroatoms. The summed E-state index contributed by atoms with van der Waals surface area (Å²) in [4.78, 5) is 29.6. The van der Waals surface area contributed by atoms with Crippen LogP contribution < -0.4 is 10.6 Å². The second-order valence-electron chi connectivity index (χ2n) is 10.2. The maximum absolute atomic E-state index is 13.8. The summed E-state index contributed by atoms with van der Waals surface area (Å²) in [7, 11) is 0. The summed E-state index contributed by atoms with van der Waals surface area (Å²) in [6.07, 6.45) is 3.88. The summed E-state index contributed by atoms with van der Waals surface area (Å²) < 4.78 is 27.6. The molecule has 1 saturated heterocycles. The van der Waals surface area contributed by atoms with Crippen LogP contribution in [0.1, 0.15) is 56.7 Å². The van der Waals surface area contributed by atoms with Crippen LogP contribution in [0.4, 0.5) is 8.78 Å². The highest BCUT2D eigenvalue weighted by molar-refractivity contribution is 5.84. The molecule has 2 atom stereocenters. The molecule has 1 aliphatic rings. The summed E-state index contributed by atoms with van der Waals surface area (Å²) in [6.45, 7) is 9.52. The minimum absolute atomic E-state index is 0.0561. The zero-order valence-corrected chi connectivity index (χ0v) is 22.9. The van der Waals surface area contributed by atoms with Gasteiger partial charge in [0.05, 0.1) is 12.6 Å². The van der Waals surface area contributed by atoms with Crippen molar-refractivity contribution < 1.29 is 18.4 Å². The molecule has 38 heavy (non-hydrogen) atoms. The van der Waals surface area contributed by atoms with Gasteiger partial charge in [-0.05, 0) is 68.0 Å². The van der Waals surface area contributed by atoms with Crippen molar-refractivity contribution in [2.45, 2.75) is 71.5 Å². The average molecular weight is 529 g/mol. The molecule has 0 aliphatic carbocycles. The molecule has 3 rings (SSSR count). The number of nitrogens with zero attached hydrogens (tertiary/aromatic N) is 2. The third-order valence-corrected chi connectivity index (χ3v) is 7.17. The lowest BCUT2D eigenvalue weighted by Crippen LogP contribution is -2.58. The molecule has 0 bridgehead atoms. The largest absolute Gasteiger partial charge is 0.352 e. The Bertz CT molecular complexity index is 1040. The lowest BCUT2D eigenvalue weighted by atomic mass is 10.0. The average Bonchev–Trinajstić information content (AvgIpc) is 2.88. The third kappa shape index (κ3) is 9.17. The number of carbonyl (C=O) groups excluding carboxylic acids is 2. The highest BCUT2D eigenvalue weighted by atomic mass is 19.1. The van der Waals surface area contributed by atoms with Crippen LogP contribution in [0.15, 0.2) is 42.5 Å². The van der Waals surface area contributed by atoms with Gasteiger partial charge in [-0.3, -0.25) is 14.5 Å². The van der Waals surface area contributed by atoms with Crippen LogP contribution in [0.5, 0.6) is 0 Å². The summed E-state index contributed by atoms with van der Waals surface area (Å²) in [5, 5.41) is 6.48. The van der Waals surface area contributed by atoms with Gasteiger partial charge in [0.15, 0.2) is 0 Å². The number of benzene rings is 2. The first-order valence-electron chi connectivity index (χ1n) is 13.8. The molecule has 1 heterocycles. The van der Waals surface area contributed by atoms with E-state index >= 15 is 0 Å². The number of carbonyl (C=O) groups is 2. The lowest BCUT2D eigenvalue weighted by Gasteiger charge is -2.39. The van der Waals surface area contributed by atoms with Crippen molar-refractivity contribution in [2.24, 2.45) is 0 Å². The van der Waals surface area contributed by atoms with E-state index in [0.29, 0.717) is 44.6 Å². The van der Waals surface area contributed by atoms with E-state index in [9.17, 15) is 18.4 Å². The highest BCUT2D eigenvalue weighted by Gasteiger charge is 2.32. The zero-order chi connectivity index (χ0) is 27.5. The predicted octanol–water partition coefficient (Wildman–Crippen LogP) is 4.07. The predicted molar refractivity (Wildman–Crippen MR) is 147 cm³/mol. The third-order valence-electron chi connectivity index (χ3n) is 7.17. The van der Waals surface area contributed by atoms with Gasteiger partial charge in [0, 0.05) is 38.3 Å². The fourth-order valence-corrected chi connectivity index (χ4v) is 4.93. The van der Waals surface area contributed by atoms with Crippen LogP contribution in [0, 0.1) is 11.6 Å². The Labute approximate surface area is 225 Å². The molecule has 2 amide bonds. The number of nitrogens with one attached hydrogen (secondary N) is 2. The summed E-state index contributed by atoms with van der Waals surface area (Å²) in [5.41, 5.74) is 2.96. The van der Waals surface area contributed by atoms with Crippen molar-refractivity contribution >= 4 is 11.8 Å². The number of hydrogen-bond donors (Lipinski definition) is 2. The van der Waals surface area contributed by atoms with Crippen LogP contribution in [-0.4, -0.2) is 66.4 Å². The normalized spacial score (nSPS) is 17.0. The lowest BCUT2D eigenvalue weighted by molar-refractivity contribution is -0.142. The smallest absolute Gasteiger partial charge is 0.239 e. The van der Waals surface area contributed by atoms with Crippen molar-refractivity contribution in [2.75, 3.05) is 32.7 Å². The molecule has 208 valence electrons. The molecule has 0 saturated carbocycles. The van der Waals surface area contributed by atoms with Crippen LogP contribution >= 0.6 is 0 Å². The van der Waals surface area contributed by atoms with Gasteiger partial charge in [-0.1, -0.05) is 44.5 Å². The second-order valence-corrected chi connectivity index (χ2v) is 10.2. The van der Waals surface area contributed by atoms with Crippen molar-refractivity contribution in [1.29, 1.82) is 0 Å². The maximum Gasteiger partial charge on any atom is 0.239 e. The van der Waals surface area contributed by atoms with Crippen LogP contribution in [-0.2, 0) is 29.0 Å². The summed E-state index contributed by atoms with van der Waals surface area (Å²) in [6, 6.07) is 11.2. The number of amides is 2. The quantitative estimate of drug-likeness (QED) is 0.363. The standard InChI is InChI=1S/C30H42F2N4O2/c1-4-6-12-35-13-14-36(22(3)30(35)38)21-29(37)34-28(18-25-16-26(31)19-27(32)17-25)10-11-33-20-24-9-7-8-23(5-2)15-24/h7-9,15-17,19,22,28,33H,4-6,10-14,18,20-21H2,1-3H3,(H,34,37)/t22-,28-/m1/s1. The fraction of sp³-hybridized carbons (Fsp3) is 0.533. The van der Waals surface area contributed by atoms with Gasteiger partial charge in [-0.2, -0.15) is 0 Å². The number of unbranched alkanes of at least 4 members (excludes halogenated alkanes) is 1. The van der Waals surface area contributed by atoms with Crippen molar-refractivity contribution in [3.05, 3.63) is 70.8 Å². The number of halogens is 2. The molecule has 0 radical (unpaired) electrons. The van der Waals surface area contributed by atoms with Crippen LogP contribution in [0.2, 0.25) is 0 Å². The highest BCUT2D eigenvalue weighted by Crippen LogP contribution is 2.14. The molecule has 0 spiro atoms. The molecule has 6 nitrogen and oxygen atoms in total. The molecular formula is C30H42F2N4O2. The van der Waals surface area contributed by atoms with E-state index in [2.05, 4.69) is 42.7 Å². The number of aryl methyl sites for hydroxylation is 1. The number of piperazine rings is 1. The van der Waals surface area contributed by atoms with Crippen LogP contribution in [0.25, 0.3) is 0 Å². The Balaban J connectivity index is 1.58. The minimum Gasteiger partial charge on any atom is -0.352 e. The minimum atomic E-state index is -0.632. The zero-order valence-electron chi connectivity index (χ0n) is 22.9. The second kappa shape index (κ2) is 14.9. The monoisotopic (exact) mass is 528 g/mol. The van der Waals surface area contributed by atoms with Crippen molar-refractivity contribution in [3.8, 4) is 0 Å². The fourth-order valence-electron chi connectivity index (χ4n) is 4.93. The first-order chi connectivity index (χ1) is 18.3. The Hall–Kier alpha value is -2.84. The van der Waals surface area contributed by atoms with Gasteiger partial charge in [0.2, 0.25) is 11.8 Å². The molecule has 2 aromatic rings. The molecule has 1 aliphatic heterocycles. The molecule has 0 aromatic heterocycles. The topological polar surface area (TPSA) is 64.7 Å². The molecule has 0 unspecified atom stereocenters. The first-order valence-corrected chi connectivity index (χ1v) is 13.8. The van der Waals surface area contributed by atoms with E-state index in [1.165, 1.54) is 23.3 Å². The number of hydrogen-bond acceptors (Lipinski definition) is 4. The molecule has 1 fully saturated rings. The van der Waals surface area contributed by atoms with Crippen molar-refractivity contribution in [3.63, 3.8) is 0 Å². The van der Waals surface area contributed by atoms with Gasteiger partial charge in [0.1, 0.15) is 11.6 Å². The Morgan fingerprint density at radius 2 is 1.79 bits per heavy atom. The van der Waals surface area contributed by atoms with Gasteiger partial charge in [-0.15, -0.1) is 0 Å². The first kappa shape index (κ1) is 29.7. The maximum atomic E-state index is 13.8. The van der Waals surface area contributed by atoms with E-state index in [1.54, 1.807) is 0 Å². The molecular weight excluding hydrogens is 486 g/mol. The SMILES string of the molecule is CCCCN1CCN(CC(=O)N[C@H](CCNCc2cccc(CC)c2)Cc2cc(F)cc(F)c2)[C@H](C)C1=O. The number of rotatable bonds is 14. The van der Waals surface area contributed by atoms with Gasteiger partial charge in [0.25, 0.3) is 0 Å². The Morgan fingerprint density at radius 3 is 2.50 bits per heavy atom. The van der Waals surface area contributed by atoms with E-state index in [0.717, 1.165) is 31.9 Å². The van der Waals surface area contributed by atoms with E-state index in [1.807, 2.05) is 22.8 Å². The Kier molecular flexibility index (Phi) is 11.7.